The van der Waals surface area contributed by atoms with Gasteiger partial charge in [0.2, 0.25) is 0 Å². The maximum absolute atomic E-state index is 11.9. The Bertz CT molecular complexity index is 508. The fourth-order valence-corrected chi connectivity index (χ4v) is 2.09. The fraction of sp³-hybridized carbons (Fsp3) is 0.429. The predicted octanol–water partition coefficient (Wildman–Crippen LogP) is 2.08. The number of ether oxygens (including phenoxy) is 3. The van der Waals surface area contributed by atoms with Crippen LogP contribution in [0.25, 0.3) is 0 Å². The molecule has 20 heavy (non-hydrogen) atoms. The highest BCUT2D eigenvalue weighted by Crippen LogP contribution is 2.25. The summed E-state index contributed by atoms with van der Waals surface area (Å²) in [6.45, 7) is 1.41. The van der Waals surface area contributed by atoms with Gasteiger partial charge in [-0.05, 0) is 31.0 Å². The molecule has 1 aromatic carbocycles. The van der Waals surface area contributed by atoms with Crippen molar-refractivity contribution in [3.63, 3.8) is 0 Å². The Morgan fingerprint density at radius 2 is 1.85 bits per heavy atom. The summed E-state index contributed by atoms with van der Waals surface area (Å²) >= 11 is 0. The van der Waals surface area contributed by atoms with Gasteiger partial charge >= 0.3 is 12.1 Å². The monoisotopic (exact) mass is 279 g/mol. The summed E-state index contributed by atoms with van der Waals surface area (Å²) in [5.41, 5.74) is 0.224. The van der Waals surface area contributed by atoms with Gasteiger partial charge in [-0.1, -0.05) is 0 Å². The van der Waals surface area contributed by atoms with Gasteiger partial charge in [-0.3, -0.25) is 0 Å². The van der Waals surface area contributed by atoms with Crippen molar-refractivity contribution in [3.8, 4) is 11.5 Å². The Labute approximate surface area is 117 Å². The Morgan fingerprint density at radius 3 is 2.45 bits per heavy atom. The van der Waals surface area contributed by atoms with Gasteiger partial charge in [0.15, 0.2) is 0 Å². The minimum atomic E-state index is -0.541. The predicted molar refractivity (Wildman–Crippen MR) is 71.2 cm³/mol. The fourth-order valence-electron chi connectivity index (χ4n) is 2.09. The molecule has 1 heterocycles. The number of benzene rings is 1. The van der Waals surface area contributed by atoms with Crippen LogP contribution in [0.5, 0.6) is 11.5 Å². The molecule has 0 unspecified atom stereocenters. The van der Waals surface area contributed by atoms with Gasteiger partial charge in [0.1, 0.15) is 17.1 Å². The highest BCUT2D eigenvalue weighted by atomic mass is 16.6. The van der Waals surface area contributed by atoms with Crippen molar-refractivity contribution in [2.75, 3.05) is 27.3 Å². The summed E-state index contributed by atoms with van der Waals surface area (Å²) in [6.07, 6.45) is 1.58. The lowest BCUT2D eigenvalue weighted by atomic mass is 10.2. The van der Waals surface area contributed by atoms with Crippen molar-refractivity contribution in [1.29, 1.82) is 0 Å². The van der Waals surface area contributed by atoms with Gasteiger partial charge in [0, 0.05) is 13.1 Å². The van der Waals surface area contributed by atoms with Crippen LogP contribution in [-0.4, -0.2) is 44.3 Å². The van der Waals surface area contributed by atoms with E-state index in [-0.39, 0.29) is 5.56 Å². The van der Waals surface area contributed by atoms with E-state index in [1.165, 1.54) is 20.3 Å². The zero-order valence-corrected chi connectivity index (χ0v) is 11.5. The van der Waals surface area contributed by atoms with Crippen molar-refractivity contribution < 1.29 is 23.8 Å². The van der Waals surface area contributed by atoms with E-state index in [1.54, 1.807) is 17.0 Å². The van der Waals surface area contributed by atoms with Crippen molar-refractivity contribution in [2.24, 2.45) is 0 Å². The average Bonchev–Trinajstić information content (AvgIpc) is 3.00. The van der Waals surface area contributed by atoms with Gasteiger partial charge < -0.3 is 19.1 Å². The van der Waals surface area contributed by atoms with Gasteiger partial charge in [-0.15, -0.1) is 0 Å². The normalized spacial score (nSPS) is 14.0. The summed E-state index contributed by atoms with van der Waals surface area (Å²) in [6, 6.07) is 4.59. The number of methoxy groups -OCH3 is 2. The summed E-state index contributed by atoms with van der Waals surface area (Å²) in [5.74, 6) is 0.127. The van der Waals surface area contributed by atoms with Crippen LogP contribution in [0.4, 0.5) is 4.79 Å². The molecule has 0 radical (unpaired) electrons. The minimum absolute atomic E-state index is 0.224. The van der Waals surface area contributed by atoms with E-state index in [2.05, 4.69) is 4.74 Å². The van der Waals surface area contributed by atoms with Crippen molar-refractivity contribution in [2.45, 2.75) is 12.8 Å². The summed E-state index contributed by atoms with van der Waals surface area (Å²) < 4.78 is 15.0. The molecule has 108 valence electrons. The number of nitrogens with zero attached hydrogens (tertiary/aromatic N) is 1. The van der Waals surface area contributed by atoms with E-state index in [4.69, 9.17) is 9.47 Å². The molecular formula is C14H17NO5. The Morgan fingerprint density at radius 1 is 1.15 bits per heavy atom. The molecule has 0 bridgehead atoms. The highest BCUT2D eigenvalue weighted by molar-refractivity contribution is 5.93. The number of carbonyl (C=O) groups excluding carboxylic acids is 2. The second-order valence-electron chi connectivity index (χ2n) is 4.42. The second-order valence-corrected chi connectivity index (χ2v) is 4.42. The molecule has 1 aromatic rings. The lowest BCUT2D eigenvalue weighted by Gasteiger charge is -2.15. The van der Waals surface area contributed by atoms with Crippen molar-refractivity contribution >= 4 is 12.1 Å². The molecule has 1 aliphatic rings. The number of rotatable bonds is 3. The van der Waals surface area contributed by atoms with E-state index < -0.39 is 12.1 Å². The zero-order valence-electron chi connectivity index (χ0n) is 11.5. The molecule has 0 N–H and O–H groups in total. The number of likely N-dealkylation sites (tertiary alicyclic amines) is 1. The van der Waals surface area contributed by atoms with Crippen LogP contribution in [-0.2, 0) is 4.74 Å². The molecule has 0 spiro atoms. The molecule has 0 atom stereocenters. The van der Waals surface area contributed by atoms with E-state index in [0.717, 1.165) is 12.8 Å². The quantitative estimate of drug-likeness (QED) is 0.792. The molecule has 6 heteroatoms. The number of carbonyl (C=O) groups is 2. The molecule has 1 fully saturated rings. The third kappa shape index (κ3) is 3.01. The molecule has 1 saturated heterocycles. The molecular weight excluding hydrogens is 262 g/mol. The Hall–Kier alpha value is -2.24. The maximum Gasteiger partial charge on any atom is 0.415 e. The van der Waals surface area contributed by atoms with Crippen LogP contribution in [0, 0.1) is 0 Å². The Kier molecular flexibility index (Phi) is 4.45. The largest absolute Gasteiger partial charge is 0.496 e. The standard InChI is InChI=1S/C14H17NO5/c1-18-12-6-5-10(9-11(12)13(16)19-2)20-14(17)15-7-3-4-8-15/h5-6,9H,3-4,7-8H2,1-2H3. The lowest BCUT2D eigenvalue weighted by molar-refractivity contribution is 0.0596. The topological polar surface area (TPSA) is 65.1 Å². The van der Waals surface area contributed by atoms with Crippen LogP contribution in [0.3, 0.4) is 0 Å². The second kappa shape index (κ2) is 6.27. The summed E-state index contributed by atoms with van der Waals surface area (Å²) in [4.78, 5) is 25.2. The molecule has 0 aromatic heterocycles. The number of amides is 1. The molecule has 1 amide bonds. The minimum Gasteiger partial charge on any atom is -0.496 e. The van der Waals surface area contributed by atoms with Crippen LogP contribution in [0.1, 0.15) is 23.2 Å². The van der Waals surface area contributed by atoms with Gasteiger partial charge in [0.05, 0.1) is 14.2 Å². The number of hydrogen-bond acceptors (Lipinski definition) is 5. The third-order valence-corrected chi connectivity index (χ3v) is 3.15. The third-order valence-electron chi connectivity index (χ3n) is 3.15. The first-order chi connectivity index (χ1) is 9.65. The summed E-state index contributed by atoms with van der Waals surface area (Å²) in [7, 11) is 2.74. The van der Waals surface area contributed by atoms with E-state index >= 15 is 0 Å². The zero-order chi connectivity index (χ0) is 14.5. The van der Waals surface area contributed by atoms with E-state index in [0.29, 0.717) is 24.6 Å². The summed E-state index contributed by atoms with van der Waals surface area (Å²) in [5, 5.41) is 0. The first-order valence-electron chi connectivity index (χ1n) is 6.39. The van der Waals surface area contributed by atoms with E-state index in [1.807, 2.05) is 0 Å². The number of hydrogen-bond donors (Lipinski definition) is 0. The molecule has 1 aliphatic heterocycles. The van der Waals surface area contributed by atoms with E-state index in [9.17, 15) is 9.59 Å². The van der Waals surface area contributed by atoms with Gasteiger partial charge in [-0.2, -0.15) is 0 Å². The van der Waals surface area contributed by atoms with Crippen LogP contribution < -0.4 is 9.47 Å². The molecule has 2 rings (SSSR count). The first-order valence-corrected chi connectivity index (χ1v) is 6.39. The molecule has 6 nitrogen and oxygen atoms in total. The SMILES string of the molecule is COC(=O)c1cc(OC(=O)N2CCCC2)ccc1OC. The molecule has 0 aliphatic carbocycles. The smallest absolute Gasteiger partial charge is 0.415 e. The van der Waals surface area contributed by atoms with Crippen LogP contribution in [0.2, 0.25) is 0 Å². The lowest BCUT2D eigenvalue weighted by Crippen LogP contribution is -2.30. The average molecular weight is 279 g/mol. The van der Waals surface area contributed by atoms with Crippen LogP contribution >= 0.6 is 0 Å². The van der Waals surface area contributed by atoms with Crippen molar-refractivity contribution in [3.05, 3.63) is 23.8 Å². The Balaban J connectivity index is 2.15. The highest BCUT2D eigenvalue weighted by Gasteiger charge is 2.21. The first kappa shape index (κ1) is 14.2. The van der Waals surface area contributed by atoms with Gasteiger partial charge in [0.25, 0.3) is 0 Å². The van der Waals surface area contributed by atoms with Gasteiger partial charge in [-0.25, -0.2) is 9.59 Å². The molecule has 0 saturated carbocycles. The number of esters is 1. The van der Waals surface area contributed by atoms with Crippen LogP contribution in [0.15, 0.2) is 18.2 Å². The maximum atomic E-state index is 11.9. The van der Waals surface area contributed by atoms with Crippen molar-refractivity contribution in [1.82, 2.24) is 4.90 Å².